The van der Waals surface area contributed by atoms with Gasteiger partial charge in [-0.3, -0.25) is 0 Å². The van der Waals surface area contributed by atoms with E-state index in [1.54, 1.807) is 12.1 Å². The maximum absolute atomic E-state index is 12.5. The van der Waals surface area contributed by atoms with E-state index in [0.717, 1.165) is 17.7 Å². The Labute approximate surface area is 126 Å². The van der Waals surface area contributed by atoms with Gasteiger partial charge in [-0.1, -0.05) is 35.9 Å². The summed E-state index contributed by atoms with van der Waals surface area (Å²) in [5, 5.41) is 10.6. The standard InChI is InChI=1S/C16H14ClF3O/c1-10-2-7-13(14(17)8-10)15(21)9-11-3-5-12(6-4-11)16(18,19)20/h2-8,15,21H,9H2,1H3. The number of rotatable bonds is 3. The van der Waals surface area contributed by atoms with Gasteiger partial charge >= 0.3 is 6.18 Å². The Balaban J connectivity index is 2.14. The van der Waals surface area contributed by atoms with Gasteiger partial charge in [0.2, 0.25) is 0 Å². The van der Waals surface area contributed by atoms with Crippen LogP contribution in [-0.2, 0) is 12.6 Å². The first kappa shape index (κ1) is 15.9. The second-order valence-electron chi connectivity index (χ2n) is 4.94. The van der Waals surface area contributed by atoms with Gasteiger partial charge in [0.25, 0.3) is 0 Å². The van der Waals surface area contributed by atoms with Gasteiger partial charge in [-0.15, -0.1) is 0 Å². The third-order valence-corrected chi connectivity index (χ3v) is 3.55. The van der Waals surface area contributed by atoms with Gasteiger partial charge in [-0.25, -0.2) is 0 Å². The predicted molar refractivity (Wildman–Crippen MR) is 76.3 cm³/mol. The molecule has 0 aliphatic carbocycles. The molecule has 21 heavy (non-hydrogen) atoms. The van der Waals surface area contributed by atoms with Gasteiger partial charge in [0.15, 0.2) is 0 Å². The highest BCUT2D eigenvalue weighted by Gasteiger charge is 2.30. The summed E-state index contributed by atoms with van der Waals surface area (Å²) in [6, 6.07) is 10.1. The summed E-state index contributed by atoms with van der Waals surface area (Å²) < 4.78 is 37.4. The summed E-state index contributed by atoms with van der Waals surface area (Å²) in [5.41, 5.74) is 1.47. The first-order chi connectivity index (χ1) is 9.77. The monoisotopic (exact) mass is 314 g/mol. The Morgan fingerprint density at radius 3 is 2.24 bits per heavy atom. The van der Waals surface area contributed by atoms with Crippen molar-refractivity contribution in [1.29, 1.82) is 0 Å². The Bertz CT molecular complexity index is 620. The van der Waals surface area contributed by atoms with Crippen LogP contribution >= 0.6 is 11.6 Å². The van der Waals surface area contributed by atoms with Gasteiger partial charge in [-0.05, 0) is 41.8 Å². The number of halogens is 4. The van der Waals surface area contributed by atoms with Crippen molar-refractivity contribution in [1.82, 2.24) is 0 Å². The number of hydrogen-bond acceptors (Lipinski definition) is 1. The van der Waals surface area contributed by atoms with E-state index in [1.807, 2.05) is 13.0 Å². The smallest absolute Gasteiger partial charge is 0.388 e. The second-order valence-corrected chi connectivity index (χ2v) is 5.35. The molecule has 0 saturated heterocycles. The van der Waals surface area contributed by atoms with Crippen molar-refractivity contribution >= 4 is 11.6 Å². The lowest BCUT2D eigenvalue weighted by Gasteiger charge is -2.14. The summed E-state index contributed by atoms with van der Waals surface area (Å²) in [6.07, 6.45) is -4.99. The van der Waals surface area contributed by atoms with Gasteiger partial charge in [-0.2, -0.15) is 13.2 Å². The van der Waals surface area contributed by atoms with Crippen LogP contribution in [0, 0.1) is 6.92 Å². The van der Waals surface area contributed by atoms with E-state index in [-0.39, 0.29) is 6.42 Å². The van der Waals surface area contributed by atoms with Crippen molar-refractivity contribution in [2.75, 3.05) is 0 Å². The van der Waals surface area contributed by atoms with Crippen molar-refractivity contribution in [3.63, 3.8) is 0 Å². The molecule has 2 rings (SSSR count). The quantitative estimate of drug-likeness (QED) is 0.850. The van der Waals surface area contributed by atoms with Crippen LogP contribution in [0.3, 0.4) is 0 Å². The first-order valence-corrected chi connectivity index (χ1v) is 6.75. The van der Waals surface area contributed by atoms with Gasteiger partial charge in [0, 0.05) is 11.4 Å². The Morgan fingerprint density at radius 1 is 1.10 bits per heavy atom. The number of alkyl halides is 3. The van der Waals surface area contributed by atoms with E-state index < -0.39 is 17.8 Å². The van der Waals surface area contributed by atoms with Crippen LogP contribution in [-0.4, -0.2) is 5.11 Å². The van der Waals surface area contributed by atoms with Crippen LogP contribution in [0.15, 0.2) is 42.5 Å². The molecule has 0 aliphatic heterocycles. The highest BCUT2D eigenvalue weighted by atomic mass is 35.5. The summed E-state index contributed by atoms with van der Waals surface area (Å²) in [4.78, 5) is 0. The molecule has 0 saturated carbocycles. The molecule has 2 aromatic carbocycles. The molecule has 0 aliphatic rings. The molecule has 0 amide bonds. The van der Waals surface area contributed by atoms with Crippen LogP contribution < -0.4 is 0 Å². The van der Waals surface area contributed by atoms with Gasteiger partial charge < -0.3 is 5.11 Å². The largest absolute Gasteiger partial charge is 0.416 e. The van der Waals surface area contributed by atoms with Crippen LogP contribution in [0.1, 0.15) is 28.4 Å². The van der Waals surface area contributed by atoms with E-state index in [0.29, 0.717) is 16.1 Å². The molecule has 5 heteroatoms. The topological polar surface area (TPSA) is 20.2 Å². The number of aliphatic hydroxyl groups excluding tert-OH is 1. The lowest BCUT2D eigenvalue weighted by molar-refractivity contribution is -0.137. The fraction of sp³-hybridized carbons (Fsp3) is 0.250. The summed E-state index contributed by atoms with van der Waals surface area (Å²) in [7, 11) is 0. The normalized spacial score (nSPS) is 13.2. The maximum atomic E-state index is 12.5. The molecule has 1 N–H and O–H groups in total. The molecule has 112 valence electrons. The molecule has 2 aromatic rings. The van der Waals surface area contributed by atoms with Crippen molar-refractivity contribution < 1.29 is 18.3 Å². The minimum atomic E-state index is -4.35. The number of benzene rings is 2. The third-order valence-electron chi connectivity index (χ3n) is 3.23. The molecule has 1 nitrogen and oxygen atoms in total. The van der Waals surface area contributed by atoms with Crippen LogP contribution in [0.2, 0.25) is 5.02 Å². The molecule has 0 bridgehead atoms. The molecule has 1 atom stereocenters. The predicted octanol–water partition coefficient (Wildman–Crippen LogP) is 4.94. The fourth-order valence-electron chi connectivity index (χ4n) is 2.07. The molecule has 0 fully saturated rings. The van der Waals surface area contributed by atoms with Gasteiger partial charge in [0.05, 0.1) is 11.7 Å². The van der Waals surface area contributed by atoms with Crippen molar-refractivity contribution in [2.45, 2.75) is 25.6 Å². The van der Waals surface area contributed by atoms with Gasteiger partial charge in [0.1, 0.15) is 0 Å². The molecule has 0 radical (unpaired) electrons. The van der Waals surface area contributed by atoms with Crippen LogP contribution in [0.25, 0.3) is 0 Å². The van der Waals surface area contributed by atoms with Crippen LogP contribution in [0.4, 0.5) is 13.2 Å². The van der Waals surface area contributed by atoms with E-state index in [9.17, 15) is 18.3 Å². The summed E-state index contributed by atoms with van der Waals surface area (Å²) >= 11 is 6.07. The zero-order chi connectivity index (χ0) is 15.6. The summed E-state index contributed by atoms with van der Waals surface area (Å²) in [6.45, 7) is 1.89. The van der Waals surface area contributed by atoms with E-state index in [4.69, 9.17) is 11.6 Å². The summed E-state index contributed by atoms with van der Waals surface area (Å²) in [5.74, 6) is 0. The Hall–Kier alpha value is -1.52. The Morgan fingerprint density at radius 2 is 1.71 bits per heavy atom. The van der Waals surface area contributed by atoms with Crippen molar-refractivity contribution in [2.24, 2.45) is 0 Å². The number of aryl methyl sites for hydroxylation is 1. The van der Waals surface area contributed by atoms with E-state index in [1.165, 1.54) is 12.1 Å². The molecule has 0 aromatic heterocycles. The fourth-order valence-corrected chi connectivity index (χ4v) is 2.43. The number of aliphatic hydroxyl groups is 1. The zero-order valence-electron chi connectivity index (χ0n) is 11.3. The van der Waals surface area contributed by atoms with E-state index in [2.05, 4.69) is 0 Å². The number of hydrogen-bond donors (Lipinski definition) is 1. The van der Waals surface area contributed by atoms with Crippen molar-refractivity contribution in [3.05, 3.63) is 69.7 Å². The van der Waals surface area contributed by atoms with E-state index >= 15 is 0 Å². The second kappa shape index (κ2) is 6.08. The average Bonchev–Trinajstić information content (AvgIpc) is 2.38. The Kier molecular flexibility index (Phi) is 4.59. The highest BCUT2D eigenvalue weighted by molar-refractivity contribution is 6.31. The SMILES string of the molecule is Cc1ccc(C(O)Cc2ccc(C(F)(F)F)cc2)c(Cl)c1. The maximum Gasteiger partial charge on any atom is 0.416 e. The average molecular weight is 315 g/mol. The van der Waals surface area contributed by atoms with Crippen LogP contribution in [0.5, 0.6) is 0 Å². The lowest BCUT2D eigenvalue weighted by Crippen LogP contribution is -2.06. The van der Waals surface area contributed by atoms with Crippen molar-refractivity contribution in [3.8, 4) is 0 Å². The molecular weight excluding hydrogens is 301 g/mol. The zero-order valence-corrected chi connectivity index (χ0v) is 12.0. The third kappa shape index (κ3) is 3.99. The highest BCUT2D eigenvalue weighted by Crippen LogP contribution is 2.30. The lowest BCUT2D eigenvalue weighted by atomic mass is 9.99. The molecule has 0 spiro atoms. The molecular formula is C16H14ClF3O. The first-order valence-electron chi connectivity index (χ1n) is 6.37. The molecule has 0 heterocycles. The minimum absolute atomic E-state index is 0.209. The minimum Gasteiger partial charge on any atom is -0.388 e. The molecule has 1 unspecified atom stereocenters.